The van der Waals surface area contributed by atoms with Crippen molar-refractivity contribution in [2.75, 3.05) is 38.0 Å². The van der Waals surface area contributed by atoms with Crippen LogP contribution in [-0.2, 0) is 0 Å². The molecule has 3 rings (SSSR count). The first kappa shape index (κ1) is 22.1. The van der Waals surface area contributed by atoms with Crippen molar-refractivity contribution in [2.45, 2.75) is 24.7 Å². The highest BCUT2D eigenvalue weighted by molar-refractivity contribution is 6.31. The van der Waals surface area contributed by atoms with Gasteiger partial charge in [-0.3, -0.25) is 0 Å². The summed E-state index contributed by atoms with van der Waals surface area (Å²) >= 11 is 6.39. The summed E-state index contributed by atoms with van der Waals surface area (Å²) in [5, 5.41) is 33.1. The van der Waals surface area contributed by atoms with Crippen LogP contribution in [0.15, 0.2) is 18.3 Å². The highest BCUT2D eigenvalue weighted by Crippen LogP contribution is 2.31. The first-order valence-electron chi connectivity index (χ1n) is 9.34. The Morgan fingerprint density at radius 1 is 1.23 bits per heavy atom. The van der Waals surface area contributed by atoms with Crippen molar-refractivity contribution >= 4 is 23.4 Å². The minimum atomic E-state index is -1.06. The van der Waals surface area contributed by atoms with Gasteiger partial charge in [0.2, 0.25) is 11.8 Å². The molecule has 30 heavy (non-hydrogen) atoms. The molecule has 1 aliphatic carbocycles. The van der Waals surface area contributed by atoms with Crippen LogP contribution in [0.25, 0.3) is 0 Å². The minimum absolute atomic E-state index is 0.150. The number of anilines is 2. The summed E-state index contributed by atoms with van der Waals surface area (Å²) in [6.07, 6.45) is -0.152. The van der Waals surface area contributed by atoms with E-state index in [0.717, 1.165) is 0 Å². The van der Waals surface area contributed by atoms with Gasteiger partial charge < -0.3 is 30.3 Å². The van der Waals surface area contributed by atoms with Crippen LogP contribution >= 0.6 is 11.6 Å². The Kier molecular flexibility index (Phi) is 6.95. The minimum Gasteiger partial charge on any atom is -0.481 e. The van der Waals surface area contributed by atoms with Gasteiger partial charge in [-0.2, -0.15) is 9.97 Å². The normalized spacial score (nSPS) is 22.9. The van der Waals surface area contributed by atoms with Gasteiger partial charge in [-0.05, 0) is 12.5 Å². The van der Waals surface area contributed by atoms with Crippen molar-refractivity contribution in [1.29, 1.82) is 0 Å². The van der Waals surface area contributed by atoms with E-state index in [-0.39, 0.29) is 11.8 Å². The number of methoxy groups -OCH3 is 1. The molecule has 0 aromatic carbocycles. The molecule has 0 radical (unpaired) electrons. The van der Waals surface area contributed by atoms with E-state index in [1.54, 1.807) is 37.3 Å². The van der Waals surface area contributed by atoms with Crippen molar-refractivity contribution < 1.29 is 20.1 Å². The third-order valence-corrected chi connectivity index (χ3v) is 5.16. The van der Waals surface area contributed by atoms with E-state index in [1.807, 2.05) is 0 Å². The van der Waals surface area contributed by atoms with E-state index >= 15 is 0 Å². The van der Waals surface area contributed by atoms with Gasteiger partial charge >= 0.3 is 0 Å². The van der Waals surface area contributed by atoms with Crippen LogP contribution in [0.3, 0.4) is 0 Å². The molecule has 0 bridgehead atoms. The summed E-state index contributed by atoms with van der Waals surface area (Å²) < 4.78 is 5.04. The van der Waals surface area contributed by atoms with Crippen LogP contribution < -0.4 is 15.0 Å². The molecule has 1 fully saturated rings. The van der Waals surface area contributed by atoms with Crippen molar-refractivity contribution in [2.24, 2.45) is 5.92 Å². The number of hydrogen-bond donors (Lipinski definition) is 4. The molecule has 1 saturated carbocycles. The zero-order valence-electron chi connectivity index (χ0n) is 16.9. The number of halogens is 1. The highest BCUT2D eigenvalue weighted by Gasteiger charge is 2.41. The van der Waals surface area contributed by atoms with Gasteiger partial charge in [-0.1, -0.05) is 23.4 Å². The highest BCUT2D eigenvalue weighted by atomic mass is 35.5. The number of aliphatic hydroxyl groups excluding tert-OH is 3. The van der Waals surface area contributed by atoms with Crippen molar-refractivity contribution in [3.8, 4) is 17.7 Å². The number of aromatic nitrogens is 3. The predicted molar refractivity (Wildman–Crippen MR) is 113 cm³/mol. The molecule has 0 unspecified atom stereocenters. The Hall–Kier alpha value is -2.64. The number of rotatable bonds is 5. The zero-order chi connectivity index (χ0) is 21.8. The number of nitrogens with one attached hydrogen (secondary N) is 1. The summed E-state index contributed by atoms with van der Waals surface area (Å²) in [4.78, 5) is 14.5. The standard InChI is InChI=1S/C20H24ClN5O4/c1-26(2)20-24-18(21)13(6-4-11-5-7-15(30-3)22-9-11)19(25-20)23-14-8-12(10-27)16(28)17(14)29/h5,7,9,12,14,16-17,27-29H,8,10H2,1-3H3,(H,23,24,25)/t12-,14-,16-,17+/m1/s1. The molecule has 0 spiro atoms. The SMILES string of the molecule is COc1ccc(C#Cc2c(Cl)nc(N(C)C)nc2N[C@@H]2C[C@H](CO)[C@@H](O)[C@H]2O)cn1. The number of pyridine rings is 1. The molecular formula is C20H24ClN5O4. The smallest absolute Gasteiger partial charge is 0.228 e. The van der Waals surface area contributed by atoms with Crippen LogP contribution in [0.5, 0.6) is 5.88 Å². The first-order chi connectivity index (χ1) is 14.3. The second-order valence-corrected chi connectivity index (χ2v) is 7.54. The Morgan fingerprint density at radius 2 is 2.00 bits per heavy atom. The summed E-state index contributed by atoms with van der Waals surface area (Å²) in [6, 6.07) is 2.93. The molecule has 4 N–H and O–H groups in total. The molecule has 1 aliphatic rings. The van der Waals surface area contributed by atoms with Gasteiger partial charge in [0.25, 0.3) is 0 Å². The van der Waals surface area contributed by atoms with Gasteiger partial charge in [-0.25, -0.2) is 4.98 Å². The second kappa shape index (κ2) is 9.45. The van der Waals surface area contributed by atoms with Gasteiger partial charge in [0.05, 0.1) is 19.3 Å². The van der Waals surface area contributed by atoms with E-state index in [4.69, 9.17) is 16.3 Å². The topological polar surface area (TPSA) is 124 Å². The van der Waals surface area contributed by atoms with Crippen LogP contribution in [-0.4, -0.2) is 76.3 Å². The predicted octanol–water partition coefficient (Wildman–Crippen LogP) is 0.514. The average molecular weight is 434 g/mol. The third kappa shape index (κ3) is 4.74. The maximum absolute atomic E-state index is 10.3. The maximum atomic E-state index is 10.3. The fourth-order valence-corrected chi connectivity index (χ4v) is 3.38. The average Bonchev–Trinajstić information content (AvgIpc) is 3.01. The molecule has 10 heteroatoms. The fraction of sp³-hybridized carbons (Fsp3) is 0.450. The third-order valence-electron chi connectivity index (χ3n) is 4.89. The molecule has 0 amide bonds. The van der Waals surface area contributed by atoms with Crippen LogP contribution in [0, 0.1) is 17.8 Å². The van der Waals surface area contributed by atoms with Crippen molar-refractivity contribution in [3.05, 3.63) is 34.6 Å². The lowest BCUT2D eigenvalue weighted by Crippen LogP contribution is -2.36. The number of aliphatic hydroxyl groups is 3. The Morgan fingerprint density at radius 3 is 2.57 bits per heavy atom. The molecule has 160 valence electrons. The first-order valence-corrected chi connectivity index (χ1v) is 9.72. The quantitative estimate of drug-likeness (QED) is 0.394. The lowest BCUT2D eigenvalue weighted by atomic mass is 10.1. The molecule has 0 saturated heterocycles. The molecule has 2 aromatic rings. The fourth-order valence-electron chi connectivity index (χ4n) is 3.17. The molecule has 2 heterocycles. The largest absolute Gasteiger partial charge is 0.481 e. The van der Waals surface area contributed by atoms with E-state index < -0.39 is 24.2 Å². The maximum Gasteiger partial charge on any atom is 0.228 e. The lowest BCUT2D eigenvalue weighted by Gasteiger charge is -2.21. The zero-order valence-corrected chi connectivity index (χ0v) is 17.6. The molecule has 4 atom stereocenters. The summed E-state index contributed by atoms with van der Waals surface area (Å²) in [5.74, 6) is 6.69. The lowest BCUT2D eigenvalue weighted by molar-refractivity contribution is 0.00445. The Labute approximate surface area is 179 Å². The van der Waals surface area contributed by atoms with Gasteiger partial charge in [-0.15, -0.1) is 0 Å². The van der Waals surface area contributed by atoms with Gasteiger partial charge in [0.15, 0.2) is 5.15 Å². The number of nitrogens with zero attached hydrogens (tertiary/aromatic N) is 4. The molecule has 9 nitrogen and oxygen atoms in total. The van der Waals surface area contributed by atoms with Crippen LogP contribution in [0.2, 0.25) is 5.15 Å². The molecule has 2 aromatic heterocycles. The van der Waals surface area contributed by atoms with E-state index in [2.05, 4.69) is 32.1 Å². The van der Waals surface area contributed by atoms with Crippen LogP contribution in [0.1, 0.15) is 17.5 Å². The van der Waals surface area contributed by atoms with Crippen LogP contribution in [0.4, 0.5) is 11.8 Å². The van der Waals surface area contributed by atoms with Gasteiger partial charge in [0, 0.05) is 44.4 Å². The Bertz CT molecular complexity index is 945. The molecule has 0 aliphatic heterocycles. The molecular weight excluding hydrogens is 410 g/mol. The van der Waals surface area contributed by atoms with Crippen molar-refractivity contribution in [3.63, 3.8) is 0 Å². The monoisotopic (exact) mass is 433 g/mol. The summed E-state index contributed by atoms with van der Waals surface area (Å²) in [5.41, 5.74) is 0.999. The Balaban J connectivity index is 1.95. The second-order valence-electron chi connectivity index (χ2n) is 7.18. The summed E-state index contributed by atoms with van der Waals surface area (Å²) in [6.45, 7) is -0.221. The number of ether oxygens (including phenoxy) is 1. The van der Waals surface area contributed by atoms with E-state index in [9.17, 15) is 15.3 Å². The van der Waals surface area contributed by atoms with E-state index in [1.165, 1.54) is 7.11 Å². The summed E-state index contributed by atoms with van der Waals surface area (Å²) in [7, 11) is 5.09. The van der Waals surface area contributed by atoms with E-state index in [0.29, 0.717) is 35.2 Å². The van der Waals surface area contributed by atoms with Crippen molar-refractivity contribution in [1.82, 2.24) is 15.0 Å². The number of hydrogen-bond acceptors (Lipinski definition) is 9. The van der Waals surface area contributed by atoms with Gasteiger partial charge in [0.1, 0.15) is 17.5 Å².